The Morgan fingerprint density at radius 3 is 2.36 bits per heavy atom. The molecule has 0 saturated carbocycles. The number of anilines is 2. The number of aromatic nitrogens is 12. The average molecular weight is 645 g/mol. The SMILES string of the molecule is O=C(Cc1csc(Cc2cccc(-c3nnc(NC(=O)c4ccc(Cn5cncn5)cc4)[nH]3)n2)n1)Nc1nnc(-c2ccccn2)[nH]1. The summed E-state index contributed by atoms with van der Waals surface area (Å²) < 4.78 is 1.70. The Morgan fingerprint density at radius 1 is 0.809 bits per heavy atom. The highest BCUT2D eigenvalue weighted by molar-refractivity contribution is 7.09. The van der Waals surface area contributed by atoms with Crippen molar-refractivity contribution in [1.29, 1.82) is 0 Å². The Hall–Kier alpha value is -6.49. The third-order valence-electron chi connectivity index (χ3n) is 6.72. The molecule has 0 atom stereocenters. The second-order valence-electron chi connectivity index (χ2n) is 10.2. The Labute approximate surface area is 269 Å². The third-order valence-corrected chi connectivity index (χ3v) is 7.62. The van der Waals surface area contributed by atoms with Gasteiger partial charge in [0.1, 0.15) is 24.0 Å². The van der Waals surface area contributed by atoms with Gasteiger partial charge in [-0.2, -0.15) is 5.10 Å². The lowest BCUT2D eigenvalue weighted by Crippen LogP contribution is -2.15. The smallest absolute Gasteiger partial charge is 0.258 e. The molecule has 2 amide bonds. The molecule has 232 valence electrons. The molecule has 6 aromatic heterocycles. The minimum Gasteiger partial charge on any atom is -0.306 e. The van der Waals surface area contributed by atoms with Crippen LogP contribution in [-0.4, -0.2) is 71.9 Å². The zero-order valence-electron chi connectivity index (χ0n) is 24.4. The van der Waals surface area contributed by atoms with Gasteiger partial charge in [0.05, 0.1) is 23.7 Å². The summed E-state index contributed by atoms with van der Waals surface area (Å²) in [5, 5.41) is 28.4. The molecular formula is C30H24N14O2S. The Kier molecular flexibility index (Phi) is 8.24. The quantitative estimate of drug-likeness (QED) is 0.161. The fourth-order valence-corrected chi connectivity index (χ4v) is 5.34. The first kappa shape index (κ1) is 29.2. The van der Waals surface area contributed by atoms with Crippen molar-refractivity contribution in [1.82, 2.24) is 60.1 Å². The van der Waals surface area contributed by atoms with Crippen LogP contribution in [0.15, 0.2) is 84.9 Å². The molecule has 7 aromatic rings. The summed E-state index contributed by atoms with van der Waals surface area (Å²) in [6.07, 6.45) is 5.29. The van der Waals surface area contributed by atoms with E-state index in [1.54, 1.807) is 47.5 Å². The van der Waals surface area contributed by atoms with Gasteiger partial charge in [-0.15, -0.1) is 31.7 Å². The highest BCUT2D eigenvalue weighted by Gasteiger charge is 2.15. The number of hydrogen-bond acceptors (Lipinski definition) is 12. The maximum atomic E-state index is 12.8. The lowest BCUT2D eigenvalue weighted by atomic mass is 10.1. The minimum absolute atomic E-state index is 0.0727. The van der Waals surface area contributed by atoms with Crippen LogP contribution in [0.3, 0.4) is 0 Å². The molecule has 0 saturated heterocycles. The van der Waals surface area contributed by atoms with Gasteiger partial charge in [-0.25, -0.2) is 19.6 Å². The average Bonchev–Trinajstić information content (AvgIpc) is 3.92. The second-order valence-corrected chi connectivity index (χ2v) is 11.1. The second kappa shape index (κ2) is 13.2. The van der Waals surface area contributed by atoms with Gasteiger partial charge in [0.2, 0.25) is 17.8 Å². The summed E-state index contributed by atoms with van der Waals surface area (Å²) in [7, 11) is 0. The van der Waals surface area contributed by atoms with E-state index < -0.39 is 0 Å². The molecule has 0 bridgehead atoms. The number of aromatic amines is 2. The van der Waals surface area contributed by atoms with E-state index >= 15 is 0 Å². The number of amides is 2. The third kappa shape index (κ3) is 7.26. The number of pyridine rings is 2. The lowest BCUT2D eigenvalue weighted by molar-refractivity contribution is -0.115. The number of benzene rings is 1. The molecule has 0 aliphatic rings. The molecule has 6 heterocycles. The number of H-pyrrole nitrogens is 2. The molecule has 16 nitrogen and oxygen atoms in total. The fraction of sp³-hybridized carbons (Fsp3) is 0.100. The molecular weight excluding hydrogens is 620 g/mol. The molecule has 1 aromatic carbocycles. The first-order valence-corrected chi connectivity index (χ1v) is 15.1. The predicted octanol–water partition coefficient (Wildman–Crippen LogP) is 3.17. The van der Waals surface area contributed by atoms with Gasteiger partial charge in [0.25, 0.3) is 5.91 Å². The van der Waals surface area contributed by atoms with E-state index in [2.05, 4.69) is 66.0 Å². The molecule has 47 heavy (non-hydrogen) atoms. The van der Waals surface area contributed by atoms with Crippen LogP contribution in [0.5, 0.6) is 0 Å². The zero-order valence-corrected chi connectivity index (χ0v) is 25.2. The van der Waals surface area contributed by atoms with E-state index in [1.807, 2.05) is 35.7 Å². The van der Waals surface area contributed by atoms with Crippen molar-refractivity contribution in [2.75, 3.05) is 10.6 Å². The Balaban J connectivity index is 0.930. The zero-order chi connectivity index (χ0) is 32.0. The van der Waals surface area contributed by atoms with Crippen LogP contribution in [0.1, 0.15) is 32.3 Å². The first-order chi connectivity index (χ1) is 23.0. The van der Waals surface area contributed by atoms with E-state index in [0.717, 1.165) is 16.3 Å². The summed E-state index contributed by atoms with van der Waals surface area (Å²) in [5.41, 5.74) is 4.02. The number of carbonyl (C=O) groups excluding carboxylic acids is 2. The Bertz CT molecular complexity index is 2120. The number of rotatable bonds is 11. The van der Waals surface area contributed by atoms with Crippen LogP contribution in [0.2, 0.25) is 0 Å². The molecule has 0 radical (unpaired) electrons. The molecule has 0 spiro atoms. The first-order valence-electron chi connectivity index (χ1n) is 14.2. The van der Waals surface area contributed by atoms with E-state index in [1.165, 1.54) is 17.7 Å². The molecule has 7 rings (SSSR count). The maximum Gasteiger partial charge on any atom is 0.258 e. The summed E-state index contributed by atoms with van der Waals surface area (Å²) in [4.78, 5) is 48.8. The van der Waals surface area contributed by atoms with Gasteiger partial charge >= 0.3 is 0 Å². The molecule has 0 aliphatic heterocycles. The molecule has 0 unspecified atom stereocenters. The van der Waals surface area contributed by atoms with Crippen molar-refractivity contribution in [3.63, 3.8) is 0 Å². The summed E-state index contributed by atoms with van der Waals surface area (Å²) in [5.74, 6) is 0.686. The fourth-order valence-electron chi connectivity index (χ4n) is 4.53. The molecule has 0 fully saturated rings. The molecule has 4 N–H and O–H groups in total. The van der Waals surface area contributed by atoms with Gasteiger partial charge in [-0.05, 0) is 42.0 Å². The van der Waals surface area contributed by atoms with Crippen molar-refractivity contribution in [3.05, 3.63) is 112 Å². The normalized spacial score (nSPS) is 11.0. The van der Waals surface area contributed by atoms with Crippen LogP contribution in [0.4, 0.5) is 11.9 Å². The van der Waals surface area contributed by atoms with Crippen LogP contribution >= 0.6 is 11.3 Å². The monoisotopic (exact) mass is 644 g/mol. The molecule has 17 heteroatoms. The number of thiazole rings is 1. The van der Waals surface area contributed by atoms with Gasteiger partial charge in [0.15, 0.2) is 11.6 Å². The summed E-state index contributed by atoms with van der Waals surface area (Å²) in [6, 6.07) is 18.2. The van der Waals surface area contributed by atoms with Gasteiger partial charge in [-0.3, -0.25) is 25.2 Å². The number of nitrogens with one attached hydrogen (secondary N) is 4. The van der Waals surface area contributed by atoms with Crippen molar-refractivity contribution >= 4 is 35.0 Å². The summed E-state index contributed by atoms with van der Waals surface area (Å²) in [6.45, 7) is 0.555. The molecule has 0 aliphatic carbocycles. The van der Waals surface area contributed by atoms with Crippen molar-refractivity contribution in [2.24, 2.45) is 0 Å². The number of carbonyl (C=O) groups is 2. The largest absolute Gasteiger partial charge is 0.306 e. The van der Waals surface area contributed by atoms with Crippen LogP contribution in [0, 0.1) is 0 Å². The van der Waals surface area contributed by atoms with E-state index in [9.17, 15) is 9.59 Å². The highest BCUT2D eigenvalue weighted by Crippen LogP contribution is 2.19. The van der Waals surface area contributed by atoms with Crippen LogP contribution < -0.4 is 10.6 Å². The van der Waals surface area contributed by atoms with E-state index in [0.29, 0.717) is 47.3 Å². The topological polar surface area (TPSA) is 211 Å². The standard InChI is InChI=1S/C30H24N14O2S/c45-24(36-29-37-26(40-42-29)22-5-1-2-11-32-22)12-21-15-47-25(35-21)13-20-4-3-6-23(34-20)27-38-30(43-41-27)39-28(46)19-9-7-18(8-10-19)14-44-17-31-16-33-44/h1-11,15-17H,12-14H2,(H2,36,37,40,42,45)(H2,38,39,41,43,46). The highest BCUT2D eigenvalue weighted by atomic mass is 32.1. The lowest BCUT2D eigenvalue weighted by Gasteiger charge is -2.04. The summed E-state index contributed by atoms with van der Waals surface area (Å²) >= 11 is 1.44. The van der Waals surface area contributed by atoms with E-state index in [-0.39, 0.29) is 30.1 Å². The maximum absolute atomic E-state index is 12.8. The van der Waals surface area contributed by atoms with Crippen LogP contribution in [-0.2, 0) is 24.2 Å². The predicted molar refractivity (Wildman–Crippen MR) is 170 cm³/mol. The van der Waals surface area contributed by atoms with Crippen molar-refractivity contribution in [2.45, 2.75) is 19.4 Å². The van der Waals surface area contributed by atoms with Gasteiger partial charge < -0.3 is 9.97 Å². The van der Waals surface area contributed by atoms with E-state index in [4.69, 9.17) is 0 Å². The van der Waals surface area contributed by atoms with Gasteiger partial charge in [-0.1, -0.05) is 24.3 Å². The number of hydrogen-bond donors (Lipinski definition) is 4. The van der Waals surface area contributed by atoms with Crippen molar-refractivity contribution in [3.8, 4) is 23.0 Å². The van der Waals surface area contributed by atoms with Gasteiger partial charge in [0, 0.05) is 29.3 Å². The van der Waals surface area contributed by atoms with Crippen LogP contribution in [0.25, 0.3) is 23.0 Å². The minimum atomic E-state index is -0.329. The number of nitrogens with zero attached hydrogens (tertiary/aromatic N) is 10. The van der Waals surface area contributed by atoms with Crippen molar-refractivity contribution < 1.29 is 9.59 Å². The Morgan fingerprint density at radius 2 is 1.60 bits per heavy atom.